The number of hydrogen-bond donors (Lipinski definition) is 1. The second-order valence-corrected chi connectivity index (χ2v) is 4.44. The van der Waals surface area contributed by atoms with Crippen LogP contribution in [0.2, 0.25) is 0 Å². The fraction of sp³-hybridized carbons (Fsp3) is 0.667. The van der Waals surface area contributed by atoms with E-state index in [4.69, 9.17) is 4.74 Å². The second kappa shape index (κ2) is 6.33. The third-order valence-corrected chi connectivity index (χ3v) is 3.03. The minimum Gasteiger partial charge on any atom is -0.450 e. The lowest BCUT2D eigenvalue weighted by Gasteiger charge is -2.15. The van der Waals surface area contributed by atoms with Crippen molar-refractivity contribution in [3.05, 3.63) is 17.0 Å². The number of ether oxygens (including phenoxy) is 2. The van der Waals surface area contributed by atoms with Crippen LogP contribution in [0.3, 0.4) is 0 Å². The van der Waals surface area contributed by atoms with Crippen LogP contribution in [-0.2, 0) is 35.2 Å². The summed E-state index contributed by atoms with van der Waals surface area (Å²) in [5, 5.41) is 6.08. The Kier molecular flexibility index (Phi) is 4.71. The van der Waals surface area contributed by atoms with Crippen molar-refractivity contribution in [2.24, 2.45) is 0 Å². The number of rotatable bonds is 4. The maximum absolute atomic E-state index is 12.9. The first-order chi connectivity index (χ1) is 9.93. The van der Waals surface area contributed by atoms with Crippen molar-refractivity contribution in [1.82, 2.24) is 15.1 Å². The molecule has 0 aliphatic carbocycles. The lowest BCUT2D eigenvalue weighted by Crippen LogP contribution is -2.29. The van der Waals surface area contributed by atoms with Gasteiger partial charge in [-0.2, -0.15) is 18.3 Å². The van der Waals surface area contributed by atoms with Crippen LogP contribution in [0, 0.1) is 0 Å². The molecule has 1 aromatic rings. The monoisotopic (exact) mass is 307 g/mol. The molecule has 1 aromatic heterocycles. The molecule has 0 aromatic carbocycles. The number of alkyl carbamates (subject to hydrolysis) is 1. The molecule has 2 rings (SSSR count). The molecule has 1 aliphatic rings. The highest BCUT2D eigenvalue weighted by atomic mass is 19.4. The van der Waals surface area contributed by atoms with Crippen LogP contribution in [-0.4, -0.2) is 35.6 Å². The fourth-order valence-electron chi connectivity index (χ4n) is 2.17. The minimum absolute atomic E-state index is 0.0878. The predicted molar refractivity (Wildman–Crippen MR) is 65.6 cm³/mol. The molecule has 1 amide bonds. The first kappa shape index (κ1) is 15.6. The van der Waals surface area contributed by atoms with Crippen LogP contribution >= 0.6 is 0 Å². The van der Waals surface area contributed by atoms with Crippen molar-refractivity contribution in [3.63, 3.8) is 0 Å². The molecule has 0 radical (unpaired) electrons. The van der Waals surface area contributed by atoms with E-state index in [-0.39, 0.29) is 31.9 Å². The van der Waals surface area contributed by atoms with E-state index in [1.807, 2.05) is 0 Å². The van der Waals surface area contributed by atoms with Gasteiger partial charge in [0.15, 0.2) is 5.69 Å². The smallest absolute Gasteiger partial charge is 0.435 e. The van der Waals surface area contributed by atoms with Crippen molar-refractivity contribution < 1.29 is 27.4 Å². The molecule has 1 N–H and O–H groups in total. The molecule has 1 aliphatic heterocycles. The van der Waals surface area contributed by atoms with Crippen LogP contribution in [0.5, 0.6) is 0 Å². The highest BCUT2D eigenvalue weighted by molar-refractivity contribution is 5.66. The number of carbonyl (C=O) groups is 1. The summed E-state index contributed by atoms with van der Waals surface area (Å²) in [6.45, 7) is 2.47. The largest absolute Gasteiger partial charge is 0.450 e. The topological polar surface area (TPSA) is 65.4 Å². The summed E-state index contributed by atoms with van der Waals surface area (Å²) in [5.74, 6) is 0. The quantitative estimate of drug-likeness (QED) is 0.920. The molecule has 0 saturated heterocycles. The molecule has 0 spiro atoms. The SMILES string of the molecule is CCOC(=O)NCCn1nc(C(F)(F)F)c2c1CCOC2. The van der Waals surface area contributed by atoms with Crippen molar-refractivity contribution >= 4 is 6.09 Å². The van der Waals surface area contributed by atoms with Crippen LogP contribution < -0.4 is 5.32 Å². The van der Waals surface area contributed by atoms with Gasteiger partial charge < -0.3 is 14.8 Å². The Morgan fingerprint density at radius 1 is 1.52 bits per heavy atom. The first-order valence-corrected chi connectivity index (χ1v) is 6.57. The molecule has 6 nitrogen and oxygen atoms in total. The van der Waals surface area contributed by atoms with E-state index in [1.165, 1.54) is 4.68 Å². The molecule has 0 saturated carbocycles. The third kappa shape index (κ3) is 3.66. The number of alkyl halides is 3. The van der Waals surface area contributed by atoms with Gasteiger partial charge in [-0.15, -0.1) is 0 Å². The average Bonchev–Trinajstić information content (AvgIpc) is 2.78. The summed E-state index contributed by atoms with van der Waals surface area (Å²) in [6.07, 6.45) is -4.74. The molecule has 0 atom stereocenters. The molecule has 0 bridgehead atoms. The Labute approximate surface area is 119 Å². The van der Waals surface area contributed by atoms with Crippen molar-refractivity contribution in [2.45, 2.75) is 32.7 Å². The molecule has 0 unspecified atom stereocenters. The standard InChI is InChI=1S/C12H16F3N3O3/c1-2-21-11(19)16-4-5-18-9-3-6-20-7-8(9)10(17-18)12(13,14)15/h2-7H2,1H3,(H,16,19). The van der Waals surface area contributed by atoms with Gasteiger partial charge in [-0.1, -0.05) is 0 Å². The lowest BCUT2D eigenvalue weighted by molar-refractivity contribution is -0.142. The Hall–Kier alpha value is -1.77. The molecule has 21 heavy (non-hydrogen) atoms. The summed E-state index contributed by atoms with van der Waals surface area (Å²) < 4.78 is 49.8. The van der Waals surface area contributed by atoms with Gasteiger partial charge in [0.05, 0.1) is 26.4 Å². The predicted octanol–water partition coefficient (Wildman–Crippen LogP) is 1.72. The van der Waals surface area contributed by atoms with E-state index in [9.17, 15) is 18.0 Å². The summed E-state index contributed by atoms with van der Waals surface area (Å²) in [7, 11) is 0. The van der Waals surface area contributed by atoms with Gasteiger partial charge in [0.25, 0.3) is 0 Å². The zero-order valence-corrected chi connectivity index (χ0v) is 11.5. The highest BCUT2D eigenvalue weighted by Crippen LogP contribution is 2.34. The molecular formula is C12H16F3N3O3. The molecule has 2 heterocycles. The van der Waals surface area contributed by atoms with Crippen LogP contribution in [0.1, 0.15) is 23.9 Å². The lowest BCUT2D eigenvalue weighted by atomic mass is 10.1. The van der Waals surface area contributed by atoms with E-state index < -0.39 is 18.0 Å². The summed E-state index contributed by atoms with van der Waals surface area (Å²) >= 11 is 0. The van der Waals surface area contributed by atoms with Crippen molar-refractivity contribution in [1.29, 1.82) is 0 Å². The van der Waals surface area contributed by atoms with Gasteiger partial charge in [0.2, 0.25) is 0 Å². The molecule has 0 fully saturated rings. The fourth-order valence-corrected chi connectivity index (χ4v) is 2.17. The number of aromatic nitrogens is 2. The molecular weight excluding hydrogens is 291 g/mol. The average molecular weight is 307 g/mol. The van der Waals surface area contributed by atoms with E-state index in [0.29, 0.717) is 18.7 Å². The van der Waals surface area contributed by atoms with Gasteiger partial charge in [0.1, 0.15) is 0 Å². The second-order valence-electron chi connectivity index (χ2n) is 4.44. The number of amides is 1. The number of nitrogens with one attached hydrogen (secondary N) is 1. The summed E-state index contributed by atoms with van der Waals surface area (Å²) in [5.41, 5.74) is -0.308. The van der Waals surface area contributed by atoms with Crippen LogP contribution in [0.15, 0.2) is 0 Å². The van der Waals surface area contributed by atoms with Gasteiger partial charge in [-0.05, 0) is 6.92 Å². The maximum Gasteiger partial charge on any atom is 0.435 e. The van der Waals surface area contributed by atoms with Gasteiger partial charge in [-0.25, -0.2) is 4.79 Å². The minimum atomic E-state index is -4.51. The Morgan fingerprint density at radius 2 is 2.29 bits per heavy atom. The molecule has 9 heteroatoms. The van der Waals surface area contributed by atoms with Gasteiger partial charge >= 0.3 is 12.3 Å². The Bertz CT molecular complexity index is 514. The summed E-state index contributed by atoms with van der Waals surface area (Å²) in [6, 6.07) is 0. The van der Waals surface area contributed by atoms with E-state index in [1.54, 1.807) is 6.92 Å². The van der Waals surface area contributed by atoms with Crippen molar-refractivity contribution in [3.8, 4) is 0 Å². The number of fused-ring (bicyclic) bond motifs is 1. The number of carbonyl (C=O) groups excluding carboxylic acids is 1. The Balaban J connectivity index is 2.09. The Morgan fingerprint density at radius 3 is 2.95 bits per heavy atom. The zero-order chi connectivity index (χ0) is 15.5. The zero-order valence-electron chi connectivity index (χ0n) is 11.5. The number of nitrogens with zero attached hydrogens (tertiary/aromatic N) is 2. The first-order valence-electron chi connectivity index (χ1n) is 6.57. The van der Waals surface area contributed by atoms with Crippen molar-refractivity contribution in [2.75, 3.05) is 19.8 Å². The van der Waals surface area contributed by atoms with Crippen LogP contribution in [0.25, 0.3) is 0 Å². The van der Waals surface area contributed by atoms with Gasteiger partial charge in [0, 0.05) is 24.2 Å². The maximum atomic E-state index is 12.9. The normalized spacial score (nSPS) is 14.7. The van der Waals surface area contributed by atoms with Crippen LogP contribution in [0.4, 0.5) is 18.0 Å². The van der Waals surface area contributed by atoms with E-state index in [0.717, 1.165) is 0 Å². The van der Waals surface area contributed by atoms with E-state index in [2.05, 4.69) is 15.2 Å². The number of halogens is 3. The highest BCUT2D eigenvalue weighted by Gasteiger charge is 2.39. The number of hydrogen-bond acceptors (Lipinski definition) is 4. The van der Waals surface area contributed by atoms with E-state index >= 15 is 0 Å². The summed E-state index contributed by atoms with van der Waals surface area (Å²) in [4.78, 5) is 11.1. The molecule has 118 valence electrons. The van der Waals surface area contributed by atoms with Gasteiger partial charge in [-0.3, -0.25) is 4.68 Å². The third-order valence-electron chi connectivity index (χ3n) is 3.03.